The monoisotopic (exact) mass is 365 g/mol. The highest BCUT2D eigenvalue weighted by atomic mass is 19.1. The molecule has 0 radical (unpaired) electrons. The van der Waals surface area contributed by atoms with Crippen molar-refractivity contribution in [3.8, 4) is 6.07 Å². The van der Waals surface area contributed by atoms with Gasteiger partial charge in [0.25, 0.3) is 0 Å². The predicted octanol–water partition coefficient (Wildman–Crippen LogP) is 2.79. The van der Waals surface area contributed by atoms with Gasteiger partial charge in [-0.2, -0.15) is 5.26 Å². The molecule has 1 atom stereocenters. The second-order valence-corrected chi connectivity index (χ2v) is 6.97. The summed E-state index contributed by atoms with van der Waals surface area (Å²) < 4.78 is 13.0. The molecule has 0 N–H and O–H groups in total. The average molecular weight is 365 g/mol. The Morgan fingerprint density at radius 1 is 1.22 bits per heavy atom. The van der Waals surface area contributed by atoms with Gasteiger partial charge in [0.2, 0.25) is 0 Å². The molecule has 3 heterocycles. The predicted molar refractivity (Wildman–Crippen MR) is 100 cm³/mol. The van der Waals surface area contributed by atoms with E-state index in [0.717, 1.165) is 23.5 Å². The lowest BCUT2D eigenvalue weighted by molar-refractivity contribution is 0.199. The Labute approximate surface area is 157 Å². The number of carbonyl (C=O) groups excluding carboxylic acids is 1. The molecular formula is C20H20FN5O. The van der Waals surface area contributed by atoms with Gasteiger partial charge in [0.1, 0.15) is 11.6 Å². The molecule has 2 amide bonds. The van der Waals surface area contributed by atoms with E-state index in [-0.39, 0.29) is 17.9 Å². The number of pyridine rings is 1. The van der Waals surface area contributed by atoms with Crippen LogP contribution in [0.2, 0.25) is 0 Å². The molecule has 1 aromatic heterocycles. The summed E-state index contributed by atoms with van der Waals surface area (Å²) in [5.74, 6) is 0.376. The second kappa shape index (κ2) is 6.88. The number of hydrogen-bond acceptors (Lipinski definition) is 4. The van der Waals surface area contributed by atoms with Crippen molar-refractivity contribution in [2.45, 2.75) is 19.4 Å². The van der Waals surface area contributed by atoms with Gasteiger partial charge in [-0.25, -0.2) is 14.2 Å². The minimum absolute atomic E-state index is 0.00215. The summed E-state index contributed by atoms with van der Waals surface area (Å²) >= 11 is 0. The Balaban J connectivity index is 1.46. The van der Waals surface area contributed by atoms with E-state index in [9.17, 15) is 9.18 Å². The Morgan fingerprint density at radius 3 is 2.67 bits per heavy atom. The van der Waals surface area contributed by atoms with E-state index in [1.165, 1.54) is 12.3 Å². The second-order valence-electron chi connectivity index (χ2n) is 6.97. The Bertz CT molecular complexity index is 900. The van der Waals surface area contributed by atoms with Gasteiger partial charge in [-0.1, -0.05) is 0 Å². The molecule has 1 fully saturated rings. The van der Waals surface area contributed by atoms with Crippen molar-refractivity contribution in [2.24, 2.45) is 0 Å². The van der Waals surface area contributed by atoms with Gasteiger partial charge in [0.15, 0.2) is 0 Å². The van der Waals surface area contributed by atoms with Crippen molar-refractivity contribution in [2.75, 3.05) is 36.0 Å². The summed E-state index contributed by atoms with van der Waals surface area (Å²) in [6, 6.07) is 10.8. The Hall–Kier alpha value is -3.14. The zero-order valence-electron chi connectivity index (χ0n) is 15.1. The molecule has 2 aromatic rings. The number of fused-ring (bicyclic) bond motifs is 1. The number of aromatic nitrogens is 1. The van der Waals surface area contributed by atoms with E-state index >= 15 is 0 Å². The summed E-state index contributed by atoms with van der Waals surface area (Å²) in [4.78, 5) is 23.0. The lowest BCUT2D eigenvalue weighted by Crippen LogP contribution is -2.54. The van der Waals surface area contributed by atoms with Crippen molar-refractivity contribution in [1.29, 1.82) is 5.26 Å². The zero-order chi connectivity index (χ0) is 19.0. The summed E-state index contributed by atoms with van der Waals surface area (Å²) in [6.45, 7) is 4.53. The molecule has 0 saturated carbocycles. The highest BCUT2D eigenvalue weighted by Crippen LogP contribution is 2.34. The number of rotatable bonds is 1. The number of benzene rings is 1. The molecule has 7 heteroatoms. The van der Waals surface area contributed by atoms with Crippen LogP contribution >= 0.6 is 0 Å². The van der Waals surface area contributed by atoms with Crippen molar-refractivity contribution >= 4 is 17.5 Å². The summed E-state index contributed by atoms with van der Waals surface area (Å²) in [5, 5.41) is 9.08. The van der Waals surface area contributed by atoms with Crippen LogP contribution in [0, 0.1) is 17.1 Å². The van der Waals surface area contributed by atoms with Crippen molar-refractivity contribution < 1.29 is 9.18 Å². The van der Waals surface area contributed by atoms with Gasteiger partial charge < -0.3 is 9.80 Å². The SMILES string of the molecule is CC1Cc2cc(C#N)ccc2N1C(=O)N1CCN(c2ccc(F)cn2)CC1. The largest absolute Gasteiger partial charge is 0.353 e. The molecule has 27 heavy (non-hydrogen) atoms. The quantitative estimate of drug-likeness (QED) is 0.780. The van der Waals surface area contributed by atoms with Crippen molar-refractivity contribution in [1.82, 2.24) is 9.88 Å². The van der Waals surface area contributed by atoms with E-state index in [1.807, 2.05) is 28.9 Å². The number of nitriles is 1. The van der Waals surface area contributed by atoms with Gasteiger partial charge in [0, 0.05) is 37.9 Å². The van der Waals surface area contributed by atoms with Crippen LogP contribution in [0.15, 0.2) is 36.5 Å². The fraction of sp³-hybridized carbons (Fsp3) is 0.350. The topological polar surface area (TPSA) is 63.5 Å². The summed E-state index contributed by atoms with van der Waals surface area (Å²) in [6.07, 6.45) is 1.97. The smallest absolute Gasteiger partial charge is 0.324 e. The van der Waals surface area contributed by atoms with E-state index in [1.54, 1.807) is 12.1 Å². The first-order valence-electron chi connectivity index (χ1n) is 9.04. The van der Waals surface area contributed by atoms with Gasteiger partial charge >= 0.3 is 6.03 Å². The standard InChI is InChI=1S/C20H20FN5O/c1-14-10-16-11-15(12-22)2-4-18(16)26(14)20(27)25-8-6-24(7-9-25)19-5-3-17(21)13-23-19/h2-5,11,13-14H,6-10H2,1H3. The van der Waals surface area contributed by atoms with E-state index in [4.69, 9.17) is 5.26 Å². The minimum Gasteiger partial charge on any atom is -0.353 e. The molecule has 2 aliphatic heterocycles. The lowest BCUT2D eigenvalue weighted by Gasteiger charge is -2.38. The molecule has 6 nitrogen and oxygen atoms in total. The summed E-state index contributed by atoms with van der Waals surface area (Å²) in [5.41, 5.74) is 2.56. The number of carbonyl (C=O) groups is 1. The van der Waals surface area contributed by atoms with Crippen LogP contribution in [0.25, 0.3) is 0 Å². The van der Waals surface area contributed by atoms with Gasteiger partial charge in [0.05, 0.1) is 17.8 Å². The number of urea groups is 1. The number of nitrogens with zero attached hydrogens (tertiary/aromatic N) is 5. The molecular weight excluding hydrogens is 345 g/mol. The van der Waals surface area contributed by atoms with Crippen LogP contribution in [-0.2, 0) is 6.42 Å². The maximum atomic E-state index is 13.1. The normalized spacial score (nSPS) is 19.0. The molecule has 0 bridgehead atoms. The van der Waals surface area contributed by atoms with Crippen LogP contribution in [0.3, 0.4) is 0 Å². The Kier molecular flexibility index (Phi) is 4.40. The third-order valence-corrected chi connectivity index (χ3v) is 5.22. The van der Waals surface area contributed by atoms with Crippen molar-refractivity contribution in [3.63, 3.8) is 0 Å². The number of piperazine rings is 1. The number of halogens is 1. The molecule has 1 unspecified atom stereocenters. The van der Waals surface area contributed by atoms with Gasteiger partial charge in [-0.15, -0.1) is 0 Å². The van der Waals surface area contributed by atoms with Crippen LogP contribution in [0.5, 0.6) is 0 Å². The molecule has 1 saturated heterocycles. The first kappa shape index (κ1) is 17.3. The molecule has 138 valence electrons. The minimum atomic E-state index is -0.353. The van der Waals surface area contributed by atoms with E-state index < -0.39 is 0 Å². The molecule has 1 aromatic carbocycles. The lowest BCUT2D eigenvalue weighted by atomic mass is 10.1. The van der Waals surface area contributed by atoms with Gasteiger partial charge in [-0.3, -0.25) is 4.90 Å². The van der Waals surface area contributed by atoms with E-state index in [0.29, 0.717) is 31.7 Å². The summed E-state index contributed by atoms with van der Waals surface area (Å²) in [7, 11) is 0. The molecule has 2 aliphatic rings. The highest BCUT2D eigenvalue weighted by Gasteiger charge is 2.35. The number of hydrogen-bond donors (Lipinski definition) is 0. The van der Waals surface area contributed by atoms with Crippen LogP contribution in [0.4, 0.5) is 20.7 Å². The molecule has 4 rings (SSSR count). The van der Waals surface area contributed by atoms with Crippen LogP contribution < -0.4 is 9.80 Å². The van der Waals surface area contributed by atoms with Crippen LogP contribution in [0.1, 0.15) is 18.1 Å². The molecule has 0 spiro atoms. The van der Waals surface area contributed by atoms with Gasteiger partial charge in [-0.05, 0) is 49.2 Å². The maximum Gasteiger partial charge on any atom is 0.324 e. The van der Waals surface area contributed by atoms with Crippen molar-refractivity contribution in [3.05, 3.63) is 53.5 Å². The number of anilines is 2. The fourth-order valence-corrected chi connectivity index (χ4v) is 3.83. The number of amides is 2. The first-order chi connectivity index (χ1) is 13.1. The Morgan fingerprint density at radius 2 is 2.00 bits per heavy atom. The van der Waals surface area contributed by atoms with E-state index in [2.05, 4.69) is 16.0 Å². The van der Waals surface area contributed by atoms with Crippen LogP contribution in [-0.4, -0.2) is 48.1 Å². The average Bonchev–Trinajstić information content (AvgIpc) is 3.03. The molecule has 0 aliphatic carbocycles. The third-order valence-electron chi connectivity index (χ3n) is 5.22. The maximum absolute atomic E-state index is 13.1. The zero-order valence-corrected chi connectivity index (χ0v) is 15.1. The first-order valence-corrected chi connectivity index (χ1v) is 9.04. The highest BCUT2D eigenvalue weighted by molar-refractivity contribution is 5.95. The fourth-order valence-electron chi connectivity index (χ4n) is 3.83. The third kappa shape index (κ3) is 3.19.